The molecule has 5 rings (SSSR count). The molecule has 0 unspecified atom stereocenters. The van der Waals surface area contributed by atoms with Crippen LogP contribution in [-0.2, 0) is 0 Å². The van der Waals surface area contributed by atoms with E-state index in [1.165, 1.54) is 15.9 Å². The molecule has 0 aliphatic rings. The summed E-state index contributed by atoms with van der Waals surface area (Å²) in [5, 5.41) is 5.73. The van der Waals surface area contributed by atoms with E-state index >= 15 is 0 Å². The van der Waals surface area contributed by atoms with Gasteiger partial charge < -0.3 is 0 Å². The summed E-state index contributed by atoms with van der Waals surface area (Å²) in [5.41, 5.74) is 0.718. The summed E-state index contributed by atoms with van der Waals surface area (Å²) in [5.74, 6) is 2.05. The lowest BCUT2D eigenvalue weighted by Gasteiger charge is -2.28. The van der Waals surface area contributed by atoms with Crippen LogP contribution in [-0.4, -0.2) is 11.6 Å². The highest BCUT2D eigenvalue weighted by Gasteiger charge is 2.26. The molecule has 0 atom stereocenters. The van der Waals surface area contributed by atoms with Gasteiger partial charge in [0.1, 0.15) is 0 Å². The van der Waals surface area contributed by atoms with Crippen molar-refractivity contribution in [3.05, 3.63) is 139 Å². The molecule has 0 fully saturated rings. The first-order chi connectivity index (χ1) is 15.8. The number of ketones is 1. The molecular weight excluding hydrogens is 407 g/mol. The number of benzene rings is 5. The van der Waals surface area contributed by atoms with Crippen molar-refractivity contribution in [3.8, 4) is 0 Å². The number of Topliss-reactive ketones (excluding diaryl/α,β-unsaturated/α-hetero) is 1. The SMILES string of the molecule is O=C(C=P(c1ccccc1)(c1ccccc1)c1ccccc1)c1ccc2ccccc2c1. The van der Waals surface area contributed by atoms with Gasteiger partial charge in [-0.15, -0.1) is 0 Å². The first kappa shape index (κ1) is 20.2. The van der Waals surface area contributed by atoms with Gasteiger partial charge in [0.2, 0.25) is 0 Å². The highest BCUT2D eigenvalue weighted by molar-refractivity contribution is 7.95. The summed E-state index contributed by atoms with van der Waals surface area (Å²) < 4.78 is 0. The number of hydrogen-bond acceptors (Lipinski definition) is 1. The fourth-order valence-electron chi connectivity index (χ4n) is 4.25. The molecule has 0 aliphatic carbocycles. The van der Waals surface area contributed by atoms with E-state index < -0.39 is 6.89 Å². The zero-order valence-electron chi connectivity index (χ0n) is 17.6. The van der Waals surface area contributed by atoms with E-state index in [9.17, 15) is 4.79 Å². The lowest BCUT2D eigenvalue weighted by atomic mass is 10.1. The number of fused-ring (bicyclic) bond motifs is 1. The molecule has 32 heavy (non-hydrogen) atoms. The second-order valence-corrected chi connectivity index (χ2v) is 11.0. The third-order valence-corrected chi connectivity index (χ3v) is 9.80. The summed E-state index contributed by atoms with van der Waals surface area (Å²) in [6, 6.07) is 45.5. The molecule has 154 valence electrons. The van der Waals surface area contributed by atoms with Gasteiger partial charge in [0.15, 0.2) is 5.78 Å². The van der Waals surface area contributed by atoms with E-state index in [4.69, 9.17) is 0 Å². The fourth-order valence-corrected chi connectivity index (χ4v) is 8.02. The van der Waals surface area contributed by atoms with Crippen LogP contribution < -0.4 is 15.9 Å². The summed E-state index contributed by atoms with van der Waals surface area (Å²) >= 11 is 0. The van der Waals surface area contributed by atoms with Crippen LogP contribution >= 0.6 is 6.89 Å². The van der Waals surface area contributed by atoms with E-state index in [1.54, 1.807) is 0 Å². The Bertz CT molecular complexity index is 1320. The molecule has 0 saturated carbocycles. The standard InChI is InChI=1S/C30H23OP/c31-30(26-21-20-24-12-10-11-13-25(24)22-26)23-32(27-14-4-1-5-15-27,28-16-6-2-7-17-28)29-18-8-3-9-19-29/h1-23H. The highest BCUT2D eigenvalue weighted by atomic mass is 31.2. The van der Waals surface area contributed by atoms with Gasteiger partial charge in [-0.2, -0.15) is 0 Å². The maximum Gasteiger partial charge on any atom is 0.186 e. The van der Waals surface area contributed by atoms with Crippen LogP contribution in [0.5, 0.6) is 0 Å². The summed E-state index contributed by atoms with van der Waals surface area (Å²) in [7, 11) is 0. The van der Waals surface area contributed by atoms with Gasteiger partial charge in [0, 0.05) is 5.56 Å². The van der Waals surface area contributed by atoms with Crippen LogP contribution in [0.3, 0.4) is 0 Å². The van der Waals surface area contributed by atoms with Gasteiger partial charge in [0.25, 0.3) is 0 Å². The predicted molar refractivity (Wildman–Crippen MR) is 139 cm³/mol. The largest absolute Gasteiger partial charge is 0.289 e. The smallest absolute Gasteiger partial charge is 0.186 e. The van der Waals surface area contributed by atoms with Gasteiger partial charge in [0.05, 0.1) is 0 Å². The molecule has 0 heterocycles. The third-order valence-electron chi connectivity index (χ3n) is 5.84. The number of hydrogen-bond donors (Lipinski definition) is 0. The zero-order chi connectivity index (χ0) is 21.8. The second kappa shape index (κ2) is 8.83. The molecule has 0 aliphatic heterocycles. The molecule has 0 bridgehead atoms. The average Bonchev–Trinajstić information content (AvgIpc) is 2.88. The first-order valence-electron chi connectivity index (χ1n) is 10.7. The maximum absolute atomic E-state index is 13.8. The number of carbonyl (C=O) groups excluding carboxylic acids is 1. The minimum Gasteiger partial charge on any atom is -0.289 e. The Kier molecular flexibility index (Phi) is 5.58. The minimum absolute atomic E-state index is 0.0562. The van der Waals surface area contributed by atoms with Crippen molar-refractivity contribution >= 4 is 45.2 Å². The Labute approximate surface area is 189 Å². The molecule has 0 saturated heterocycles. The van der Waals surface area contributed by atoms with Crippen molar-refractivity contribution in [1.82, 2.24) is 0 Å². The highest BCUT2D eigenvalue weighted by Crippen LogP contribution is 2.43. The molecule has 0 N–H and O–H groups in total. The van der Waals surface area contributed by atoms with Gasteiger partial charge in [-0.3, -0.25) is 4.79 Å². The Morgan fingerprint density at radius 1 is 0.500 bits per heavy atom. The van der Waals surface area contributed by atoms with Crippen LogP contribution in [0.15, 0.2) is 133 Å². The van der Waals surface area contributed by atoms with E-state index in [-0.39, 0.29) is 5.78 Å². The topological polar surface area (TPSA) is 17.1 Å². The van der Waals surface area contributed by atoms with Crippen LogP contribution in [0.1, 0.15) is 10.4 Å². The lowest BCUT2D eigenvalue weighted by molar-refractivity contribution is 0.107. The lowest BCUT2D eigenvalue weighted by Crippen LogP contribution is -2.28. The van der Waals surface area contributed by atoms with Crippen LogP contribution in [0.25, 0.3) is 10.8 Å². The second-order valence-electron chi connectivity index (χ2n) is 7.78. The van der Waals surface area contributed by atoms with Crippen molar-refractivity contribution in [1.29, 1.82) is 0 Å². The quantitative estimate of drug-likeness (QED) is 0.254. The third kappa shape index (κ3) is 3.73. The molecule has 2 heteroatoms. The van der Waals surface area contributed by atoms with Crippen LogP contribution in [0.4, 0.5) is 0 Å². The Morgan fingerprint density at radius 3 is 1.44 bits per heavy atom. The first-order valence-corrected chi connectivity index (χ1v) is 12.6. The van der Waals surface area contributed by atoms with Gasteiger partial charge >= 0.3 is 0 Å². The summed E-state index contributed by atoms with van der Waals surface area (Å²) in [4.78, 5) is 13.8. The van der Waals surface area contributed by atoms with E-state index in [0.717, 1.165) is 16.3 Å². The van der Waals surface area contributed by atoms with E-state index in [2.05, 4.69) is 84.9 Å². The normalized spacial score (nSPS) is 11.2. The van der Waals surface area contributed by atoms with Crippen LogP contribution in [0, 0.1) is 0 Å². The van der Waals surface area contributed by atoms with Gasteiger partial charge in [-0.1, -0.05) is 127 Å². The van der Waals surface area contributed by atoms with Crippen LogP contribution in [0.2, 0.25) is 0 Å². The predicted octanol–water partition coefficient (Wildman–Crippen LogP) is 5.82. The van der Waals surface area contributed by atoms with Gasteiger partial charge in [-0.05, 0) is 45.4 Å². The van der Waals surface area contributed by atoms with Crippen molar-refractivity contribution in [2.75, 3.05) is 0 Å². The molecule has 1 nitrogen and oxygen atoms in total. The molecule has 0 spiro atoms. The Balaban J connectivity index is 1.80. The van der Waals surface area contributed by atoms with Crippen molar-refractivity contribution in [2.45, 2.75) is 0 Å². The average molecular weight is 430 g/mol. The summed E-state index contributed by atoms with van der Waals surface area (Å²) in [6.45, 7) is -2.31. The van der Waals surface area contributed by atoms with Crippen molar-refractivity contribution in [3.63, 3.8) is 0 Å². The molecule has 5 aromatic rings. The summed E-state index contributed by atoms with van der Waals surface area (Å²) in [6.07, 6.45) is 0. The minimum atomic E-state index is -2.31. The van der Waals surface area contributed by atoms with E-state index in [1.807, 2.05) is 54.3 Å². The molecular formula is C30H23OP. The molecule has 0 radical (unpaired) electrons. The monoisotopic (exact) mass is 430 g/mol. The number of rotatable bonds is 5. The molecule has 5 aromatic carbocycles. The molecule has 0 amide bonds. The Morgan fingerprint density at radius 2 is 0.938 bits per heavy atom. The van der Waals surface area contributed by atoms with Gasteiger partial charge in [-0.25, -0.2) is 0 Å². The van der Waals surface area contributed by atoms with Crippen molar-refractivity contribution < 1.29 is 4.79 Å². The zero-order valence-corrected chi connectivity index (χ0v) is 18.5. The number of carbonyl (C=O) groups is 1. The fraction of sp³-hybridized carbons (Fsp3) is 0. The van der Waals surface area contributed by atoms with E-state index in [0.29, 0.717) is 0 Å². The van der Waals surface area contributed by atoms with Crippen molar-refractivity contribution in [2.24, 2.45) is 0 Å². The Hall–Kier alpha value is -3.67. The maximum atomic E-state index is 13.8. The molecule has 0 aromatic heterocycles.